The van der Waals surface area contributed by atoms with Gasteiger partial charge in [-0.1, -0.05) is 0 Å². The van der Waals surface area contributed by atoms with Gasteiger partial charge in [0.05, 0.1) is 19.5 Å². The lowest BCUT2D eigenvalue weighted by Crippen LogP contribution is -2.09. The van der Waals surface area contributed by atoms with Crippen LogP contribution >= 0.6 is 0 Å². The predicted molar refractivity (Wildman–Crippen MR) is 91.2 cm³/mol. The standard InChI is InChI=1S/C17H17N5O2/c1-9-12-6-11(23-3)4-5-13(12)24-15(9)10(2)22-17-14-16(19-7-18-14)20-8-21-17/h4-8,10H,1-3H3,(H2,18,19,20,21,22). The molecule has 0 radical (unpaired) electrons. The number of fused-ring (bicyclic) bond motifs is 2. The summed E-state index contributed by atoms with van der Waals surface area (Å²) in [6.07, 6.45) is 3.10. The summed E-state index contributed by atoms with van der Waals surface area (Å²) in [5, 5.41) is 4.42. The minimum absolute atomic E-state index is 0.0650. The van der Waals surface area contributed by atoms with Crippen LogP contribution < -0.4 is 10.1 Å². The highest BCUT2D eigenvalue weighted by Crippen LogP contribution is 2.33. The van der Waals surface area contributed by atoms with Crippen molar-refractivity contribution in [2.75, 3.05) is 12.4 Å². The maximum Gasteiger partial charge on any atom is 0.182 e. The van der Waals surface area contributed by atoms with Gasteiger partial charge in [-0.05, 0) is 32.0 Å². The van der Waals surface area contributed by atoms with Crippen molar-refractivity contribution in [3.05, 3.63) is 42.2 Å². The zero-order valence-corrected chi connectivity index (χ0v) is 13.6. The first kappa shape index (κ1) is 14.5. The van der Waals surface area contributed by atoms with E-state index in [2.05, 4.69) is 25.3 Å². The Kier molecular flexibility index (Phi) is 3.34. The third kappa shape index (κ3) is 2.25. The number of aryl methyl sites for hydroxylation is 1. The van der Waals surface area contributed by atoms with Crippen LogP contribution in [0.1, 0.15) is 24.3 Å². The molecular weight excluding hydrogens is 306 g/mol. The number of nitrogens with one attached hydrogen (secondary N) is 2. The van der Waals surface area contributed by atoms with Crippen LogP contribution in [0.15, 0.2) is 35.3 Å². The van der Waals surface area contributed by atoms with Crippen LogP contribution in [0.25, 0.3) is 22.1 Å². The Balaban J connectivity index is 1.71. The van der Waals surface area contributed by atoms with E-state index in [0.717, 1.165) is 33.6 Å². The minimum Gasteiger partial charge on any atom is -0.497 e. The number of benzene rings is 1. The van der Waals surface area contributed by atoms with Gasteiger partial charge in [0, 0.05) is 10.9 Å². The molecule has 0 aliphatic rings. The number of nitrogens with zero attached hydrogens (tertiary/aromatic N) is 3. The first-order valence-electron chi connectivity index (χ1n) is 7.65. The average molecular weight is 323 g/mol. The van der Waals surface area contributed by atoms with Crippen LogP contribution in [0, 0.1) is 6.92 Å². The number of furan rings is 1. The minimum atomic E-state index is -0.0650. The second-order valence-corrected chi connectivity index (χ2v) is 5.64. The molecule has 3 aromatic heterocycles. The molecule has 0 aliphatic carbocycles. The van der Waals surface area contributed by atoms with Gasteiger partial charge in [-0.25, -0.2) is 15.0 Å². The maximum atomic E-state index is 6.04. The number of aromatic nitrogens is 4. The number of rotatable bonds is 4. The summed E-state index contributed by atoms with van der Waals surface area (Å²) in [4.78, 5) is 15.6. The number of imidazole rings is 1. The van der Waals surface area contributed by atoms with Gasteiger partial charge in [-0.3, -0.25) is 0 Å². The van der Waals surface area contributed by atoms with Crippen LogP contribution in [-0.2, 0) is 0 Å². The van der Waals surface area contributed by atoms with Crippen LogP contribution in [0.5, 0.6) is 5.75 Å². The molecule has 2 N–H and O–H groups in total. The molecule has 122 valence electrons. The lowest BCUT2D eigenvalue weighted by molar-refractivity contribution is 0.415. The van der Waals surface area contributed by atoms with Gasteiger partial charge in [0.25, 0.3) is 0 Å². The molecule has 0 saturated heterocycles. The number of hydrogen-bond acceptors (Lipinski definition) is 6. The molecule has 4 rings (SSSR count). The molecule has 0 aliphatic heterocycles. The zero-order chi connectivity index (χ0) is 16.7. The van der Waals surface area contributed by atoms with E-state index in [-0.39, 0.29) is 6.04 Å². The SMILES string of the molecule is COc1ccc2oc(C(C)Nc3ncnc4nc[nH]c34)c(C)c2c1. The van der Waals surface area contributed by atoms with E-state index in [1.165, 1.54) is 6.33 Å². The van der Waals surface area contributed by atoms with E-state index in [1.54, 1.807) is 13.4 Å². The third-order valence-electron chi connectivity index (χ3n) is 4.15. The largest absolute Gasteiger partial charge is 0.497 e. The fourth-order valence-corrected chi connectivity index (χ4v) is 2.90. The molecule has 3 heterocycles. The summed E-state index contributed by atoms with van der Waals surface area (Å²) in [6, 6.07) is 5.74. The van der Waals surface area contributed by atoms with Crippen molar-refractivity contribution in [2.45, 2.75) is 19.9 Å². The van der Waals surface area contributed by atoms with E-state index < -0.39 is 0 Å². The van der Waals surface area contributed by atoms with Crippen molar-refractivity contribution in [2.24, 2.45) is 0 Å². The molecule has 0 saturated carbocycles. The van der Waals surface area contributed by atoms with Gasteiger partial charge in [0.1, 0.15) is 28.9 Å². The van der Waals surface area contributed by atoms with Crippen LogP contribution in [-0.4, -0.2) is 27.0 Å². The van der Waals surface area contributed by atoms with Gasteiger partial charge in [-0.2, -0.15) is 0 Å². The van der Waals surface area contributed by atoms with E-state index in [9.17, 15) is 0 Å². The smallest absolute Gasteiger partial charge is 0.182 e. The second kappa shape index (κ2) is 5.52. The maximum absolute atomic E-state index is 6.04. The van der Waals surface area contributed by atoms with Gasteiger partial charge < -0.3 is 19.5 Å². The Hall–Kier alpha value is -3.09. The van der Waals surface area contributed by atoms with Crippen LogP contribution in [0.2, 0.25) is 0 Å². The highest BCUT2D eigenvalue weighted by Gasteiger charge is 2.18. The number of ether oxygens (including phenoxy) is 1. The first-order valence-corrected chi connectivity index (χ1v) is 7.65. The Labute approximate surface area is 138 Å². The molecule has 0 fully saturated rings. The summed E-state index contributed by atoms with van der Waals surface area (Å²) in [7, 11) is 1.66. The number of hydrogen-bond donors (Lipinski definition) is 2. The first-order chi connectivity index (χ1) is 11.7. The summed E-state index contributed by atoms with van der Waals surface area (Å²) < 4.78 is 11.3. The molecule has 7 heteroatoms. The molecule has 24 heavy (non-hydrogen) atoms. The van der Waals surface area contributed by atoms with Gasteiger partial charge in [0.15, 0.2) is 11.5 Å². The summed E-state index contributed by atoms with van der Waals surface area (Å²) in [6.45, 7) is 4.08. The average Bonchev–Trinajstić information content (AvgIpc) is 3.20. The topological polar surface area (TPSA) is 88.9 Å². The van der Waals surface area contributed by atoms with E-state index >= 15 is 0 Å². The van der Waals surface area contributed by atoms with Crippen molar-refractivity contribution in [3.8, 4) is 5.75 Å². The number of methoxy groups -OCH3 is 1. The normalized spacial score (nSPS) is 12.6. The molecule has 4 aromatic rings. The van der Waals surface area contributed by atoms with E-state index in [1.807, 2.05) is 32.0 Å². The van der Waals surface area contributed by atoms with Crippen molar-refractivity contribution < 1.29 is 9.15 Å². The Morgan fingerprint density at radius 2 is 2.12 bits per heavy atom. The fraction of sp³-hybridized carbons (Fsp3) is 0.235. The molecule has 7 nitrogen and oxygen atoms in total. The van der Waals surface area contributed by atoms with Gasteiger partial charge in [0.2, 0.25) is 0 Å². The summed E-state index contributed by atoms with van der Waals surface area (Å²) >= 11 is 0. The monoisotopic (exact) mass is 323 g/mol. The third-order valence-corrected chi connectivity index (χ3v) is 4.15. The molecule has 0 spiro atoms. The summed E-state index contributed by atoms with van der Waals surface area (Å²) in [5.74, 6) is 2.38. The predicted octanol–water partition coefficient (Wildman–Crippen LogP) is 3.59. The lowest BCUT2D eigenvalue weighted by atomic mass is 10.1. The van der Waals surface area contributed by atoms with Crippen molar-refractivity contribution in [3.63, 3.8) is 0 Å². The summed E-state index contributed by atoms with van der Waals surface area (Å²) in [5.41, 5.74) is 3.33. The quantitative estimate of drug-likeness (QED) is 0.596. The van der Waals surface area contributed by atoms with Gasteiger partial charge in [-0.15, -0.1) is 0 Å². The number of H-pyrrole nitrogens is 1. The molecule has 0 amide bonds. The van der Waals surface area contributed by atoms with Crippen LogP contribution in [0.4, 0.5) is 5.82 Å². The van der Waals surface area contributed by atoms with Gasteiger partial charge >= 0.3 is 0 Å². The van der Waals surface area contributed by atoms with Crippen molar-refractivity contribution >= 4 is 28.0 Å². The van der Waals surface area contributed by atoms with Crippen molar-refractivity contribution in [1.29, 1.82) is 0 Å². The molecule has 1 atom stereocenters. The molecule has 0 bridgehead atoms. The highest BCUT2D eigenvalue weighted by atomic mass is 16.5. The Morgan fingerprint density at radius 1 is 1.25 bits per heavy atom. The number of anilines is 1. The molecule has 1 unspecified atom stereocenters. The van der Waals surface area contributed by atoms with Crippen LogP contribution in [0.3, 0.4) is 0 Å². The number of aromatic amines is 1. The highest BCUT2D eigenvalue weighted by molar-refractivity contribution is 5.84. The fourth-order valence-electron chi connectivity index (χ4n) is 2.90. The van der Waals surface area contributed by atoms with E-state index in [4.69, 9.17) is 9.15 Å². The Morgan fingerprint density at radius 3 is 2.96 bits per heavy atom. The molecular formula is C17H17N5O2. The Bertz CT molecular complexity index is 1020. The molecule has 1 aromatic carbocycles. The zero-order valence-electron chi connectivity index (χ0n) is 13.6. The lowest BCUT2D eigenvalue weighted by Gasteiger charge is -2.13. The second-order valence-electron chi connectivity index (χ2n) is 5.64. The van der Waals surface area contributed by atoms with E-state index in [0.29, 0.717) is 11.5 Å². The van der Waals surface area contributed by atoms with Crippen molar-refractivity contribution in [1.82, 2.24) is 19.9 Å².